The number of alkyl halides is 3. The maximum atomic E-state index is 13.6. The van der Waals surface area contributed by atoms with E-state index in [-0.39, 0.29) is 6.61 Å². The molecule has 0 bridgehead atoms. The SMILES string of the molecule is CCOC(=O)C(C)OC1C(C#N)=C(O)C=CC1(c1ccccc1C(F)(F)F)[N+](=O)[O-]. The van der Waals surface area contributed by atoms with Crippen molar-refractivity contribution in [3.8, 4) is 6.07 Å². The van der Waals surface area contributed by atoms with E-state index in [0.29, 0.717) is 6.07 Å². The minimum atomic E-state index is -4.96. The molecule has 0 saturated carbocycles. The number of carbonyl (C=O) groups is 1. The largest absolute Gasteiger partial charge is 0.507 e. The average molecular weight is 426 g/mol. The lowest BCUT2D eigenvalue weighted by atomic mass is 9.76. The number of aliphatic hydroxyl groups excluding tert-OH is 1. The molecule has 0 aromatic heterocycles. The molecule has 1 aromatic rings. The van der Waals surface area contributed by atoms with Crippen LogP contribution in [0.25, 0.3) is 0 Å². The number of nitrogens with zero attached hydrogens (tertiary/aromatic N) is 2. The molecule has 0 fully saturated rings. The molecule has 3 unspecified atom stereocenters. The monoisotopic (exact) mass is 426 g/mol. The van der Waals surface area contributed by atoms with Crippen LogP contribution in [0, 0.1) is 21.4 Å². The van der Waals surface area contributed by atoms with Crippen molar-refractivity contribution in [1.82, 2.24) is 0 Å². The van der Waals surface area contributed by atoms with Crippen molar-refractivity contribution >= 4 is 5.97 Å². The minimum Gasteiger partial charge on any atom is -0.507 e. The predicted molar refractivity (Wildman–Crippen MR) is 95.5 cm³/mol. The average Bonchev–Trinajstić information content (AvgIpc) is 2.68. The van der Waals surface area contributed by atoms with Gasteiger partial charge in [0.25, 0.3) is 5.54 Å². The van der Waals surface area contributed by atoms with Crippen LogP contribution in [0.4, 0.5) is 13.2 Å². The third-order valence-electron chi connectivity index (χ3n) is 4.48. The fourth-order valence-corrected chi connectivity index (χ4v) is 3.11. The maximum absolute atomic E-state index is 13.6. The highest BCUT2D eigenvalue weighted by Crippen LogP contribution is 2.45. The highest BCUT2D eigenvalue weighted by Gasteiger charge is 2.59. The number of carbonyl (C=O) groups excluding carboxylic acids is 1. The Hall–Kier alpha value is -3.39. The van der Waals surface area contributed by atoms with Crippen LogP contribution in [0.15, 0.2) is 47.7 Å². The van der Waals surface area contributed by atoms with Gasteiger partial charge in [-0.05, 0) is 26.0 Å². The van der Waals surface area contributed by atoms with Gasteiger partial charge in [-0.1, -0.05) is 18.2 Å². The first-order chi connectivity index (χ1) is 14.0. The van der Waals surface area contributed by atoms with Crippen LogP contribution in [-0.2, 0) is 26.0 Å². The van der Waals surface area contributed by atoms with E-state index >= 15 is 0 Å². The van der Waals surface area contributed by atoms with E-state index in [2.05, 4.69) is 0 Å². The highest BCUT2D eigenvalue weighted by atomic mass is 19.4. The Morgan fingerprint density at radius 1 is 1.43 bits per heavy atom. The zero-order valence-electron chi connectivity index (χ0n) is 15.8. The summed E-state index contributed by atoms with van der Waals surface area (Å²) in [6.45, 7) is 2.63. The summed E-state index contributed by atoms with van der Waals surface area (Å²) >= 11 is 0. The van der Waals surface area contributed by atoms with Crippen molar-refractivity contribution < 1.29 is 37.5 Å². The quantitative estimate of drug-likeness (QED) is 0.420. The molecule has 8 nitrogen and oxygen atoms in total. The van der Waals surface area contributed by atoms with Gasteiger partial charge in [0.15, 0.2) is 12.2 Å². The van der Waals surface area contributed by atoms with Gasteiger partial charge in [0, 0.05) is 16.6 Å². The molecule has 30 heavy (non-hydrogen) atoms. The van der Waals surface area contributed by atoms with Gasteiger partial charge in [-0.2, -0.15) is 18.4 Å². The first kappa shape index (κ1) is 22.9. The molecule has 1 aliphatic rings. The van der Waals surface area contributed by atoms with Crippen molar-refractivity contribution in [2.75, 3.05) is 6.61 Å². The van der Waals surface area contributed by atoms with E-state index in [9.17, 15) is 38.4 Å². The maximum Gasteiger partial charge on any atom is 0.416 e. The molecule has 0 spiro atoms. The molecule has 0 saturated heterocycles. The molecule has 1 N–H and O–H groups in total. The predicted octanol–water partition coefficient (Wildman–Crippen LogP) is 3.42. The molecule has 1 aliphatic carbocycles. The van der Waals surface area contributed by atoms with E-state index in [4.69, 9.17) is 9.47 Å². The number of ether oxygens (including phenoxy) is 2. The summed E-state index contributed by atoms with van der Waals surface area (Å²) in [5.74, 6) is -1.66. The summed E-state index contributed by atoms with van der Waals surface area (Å²) in [5.41, 5.74) is -5.56. The Labute approximate surface area is 169 Å². The molecule has 160 valence electrons. The standard InChI is InChI=1S/C19H17F3N2O6/c1-3-29-17(26)11(2)30-16-12(10-23)15(25)8-9-18(16,24(27)28)13-6-4-5-7-14(13)19(20,21)22/h4-9,11,16,25H,3H2,1-2H3. The third-order valence-corrected chi connectivity index (χ3v) is 4.48. The van der Waals surface area contributed by atoms with Crippen molar-refractivity contribution in [2.45, 2.75) is 37.8 Å². The first-order valence-corrected chi connectivity index (χ1v) is 8.66. The van der Waals surface area contributed by atoms with Gasteiger partial charge >= 0.3 is 12.1 Å². The van der Waals surface area contributed by atoms with E-state index < -0.39 is 57.3 Å². The molecule has 0 heterocycles. The van der Waals surface area contributed by atoms with Crippen LogP contribution < -0.4 is 0 Å². The van der Waals surface area contributed by atoms with Crippen molar-refractivity contribution in [2.24, 2.45) is 0 Å². The summed E-state index contributed by atoms with van der Waals surface area (Å²) in [6, 6.07) is 5.30. The number of hydrogen-bond acceptors (Lipinski definition) is 7. The second kappa shape index (κ2) is 8.54. The van der Waals surface area contributed by atoms with Gasteiger partial charge in [0.1, 0.15) is 17.4 Å². The number of nitriles is 1. The van der Waals surface area contributed by atoms with Crippen LogP contribution >= 0.6 is 0 Å². The molecular weight excluding hydrogens is 409 g/mol. The number of benzene rings is 1. The zero-order valence-corrected chi connectivity index (χ0v) is 15.8. The van der Waals surface area contributed by atoms with Gasteiger partial charge in [0.05, 0.1) is 12.2 Å². The first-order valence-electron chi connectivity index (χ1n) is 8.66. The lowest BCUT2D eigenvalue weighted by molar-refractivity contribution is -0.577. The Kier molecular flexibility index (Phi) is 6.52. The van der Waals surface area contributed by atoms with Crippen LogP contribution in [0.2, 0.25) is 0 Å². The summed E-state index contributed by atoms with van der Waals surface area (Å²) in [4.78, 5) is 23.1. The van der Waals surface area contributed by atoms with Gasteiger partial charge < -0.3 is 14.6 Å². The summed E-state index contributed by atoms with van der Waals surface area (Å²) in [5, 5.41) is 31.6. The van der Waals surface area contributed by atoms with E-state index in [0.717, 1.165) is 24.3 Å². The highest BCUT2D eigenvalue weighted by molar-refractivity contribution is 5.74. The Morgan fingerprint density at radius 2 is 2.07 bits per heavy atom. The van der Waals surface area contributed by atoms with Gasteiger partial charge in [-0.15, -0.1) is 0 Å². The van der Waals surface area contributed by atoms with Gasteiger partial charge in [-0.3, -0.25) is 10.1 Å². The third kappa shape index (κ3) is 3.99. The molecule has 2 rings (SSSR count). The molecule has 0 radical (unpaired) electrons. The number of rotatable bonds is 6. The molecule has 0 aliphatic heterocycles. The van der Waals surface area contributed by atoms with Crippen LogP contribution in [0.3, 0.4) is 0 Å². The molecule has 0 amide bonds. The van der Waals surface area contributed by atoms with E-state index in [1.165, 1.54) is 26.0 Å². The number of nitro groups is 1. The van der Waals surface area contributed by atoms with Crippen molar-refractivity contribution in [1.29, 1.82) is 5.26 Å². The Morgan fingerprint density at radius 3 is 2.60 bits per heavy atom. The van der Waals surface area contributed by atoms with E-state index in [1.807, 2.05) is 0 Å². The van der Waals surface area contributed by atoms with Gasteiger partial charge in [0.2, 0.25) is 0 Å². The Balaban J connectivity index is 2.77. The molecular formula is C19H17F3N2O6. The summed E-state index contributed by atoms with van der Waals surface area (Å²) in [6.07, 6.45) is -6.99. The lowest BCUT2D eigenvalue weighted by Gasteiger charge is -2.35. The normalized spacial score (nSPS) is 22.3. The van der Waals surface area contributed by atoms with E-state index in [1.54, 1.807) is 0 Å². The van der Waals surface area contributed by atoms with Crippen molar-refractivity contribution in [3.63, 3.8) is 0 Å². The van der Waals surface area contributed by atoms with Crippen LogP contribution in [0.1, 0.15) is 25.0 Å². The fraction of sp³-hybridized carbons (Fsp3) is 0.368. The second-order valence-corrected chi connectivity index (χ2v) is 6.28. The smallest absolute Gasteiger partial charge is 0.416 e. The zero-order chi connectivity index (χ0) is 22.7. The number of halogens is 3. The fourth-order valence-electron chi connectivity index (χ4n) is 3.11. The summed E-state index contributed by atoms with van der Waals surface area (Å²) < 4.78 is 51.0. The van der Waals surface area contributed by atoms with Crippen LogP contribution in [-0.4, -0.2) is 34.8 Å². The Bertz CT molecular complexity index is 950. The van der Waals surface area contributed by atoms with Crippen molar-refractivity contribution in [3.05, 3.63) is 69.0 Å². The molecule has 11 heteroatoms. The number of esters is 1. The van der Waals surface area contributed by atoms with Gasteiger partial charge in [-0.25, -0.2) is 4.79 Å². The topological polar surface area (TPSA) is 123 Å². The molecule has 1 aromatic carbocycles. The summed E-state index contributed by atoms with van der Waals surface area (Å²) in [7, 11) is 0. The minimum absolute atomic E-state index is 0.0411. The second-order valence-electron chi connectivity index (χ2n) is 6.28. The molecule has 3 atom stereocenters. The lowest BCUT2D eigenvalue weighted by Crippen LogP contribution is -2.51. The van der Waals surface area contributed by atoms with Crippen LogP contribution in [0.5, 0.6) is 0 Å². The number of allylic oxidation sites excluding steroid dienone is 1. The number of aliphatic hydroxyl groups is 1. The number of hydrogen-bond donors (Lipinski definition) is 1.